The number of hydrogen-bond acceptors (Lipinski definition) is 3. The second-order valence-electron chi connectivity index (χ2n) is 6.91. The number of nitrogens with one attached hydrogen (secondary N) is 2. The van der Waals surface area contributed by atoms with E-state index in [4.69, 9.17) is 0 Å². The van der Waals surface area contributed by atoms with E-state index in [1.54, 1.807) is 7.05 Å². The molecule has 1 aliphatic heterocycles. The fourth-order valence-electron chi connectivity index (χ4n) is 2.65. The second-order valence-corrected chi connectivity index (χ2v) is 8.43. The van der Waals surface area contributed by atoms with Gasteiger partial charge in [-0.1, -0.05) is 12.1 Å². The molecule has 1 heterocycles. The van der Waals surface area contributed by atoms with Gasteiger partial charge in [0.2, 0.25) is 5.91 Å². The molecule has 1 aliphatic rings. The summed E-state index contributed by atoms with van der Waals surface area (Å²) in [6, 6.07) is 8.22. The average molecular weight is 490 g/mol. The lowest BCUT2D eigenvalue weighted by molar-refractivity contribution is -0.119. The monoisotopic (exact) mass is 490 g/mol. The summed E-state index contributed by atoms with van der Waals surface area (Å²) in [6.07, 6.45) is 4.88. The summed E-state index contributed by atoms with van der Waals surface area (Å²) in [4.78, 5) is 18.2. The predicted molar refractivity (Wildman–Crippen MR) is 124 cm³/mol. The molecule has 146 valence electrons. The van der Waals surface area contributed by atoms with E-state index < -0.39 is 0 Å². The van der Waals surface area contributed by atoms with E-state index in [1.807, 2.05) is 28.8 Å². The van der Waals surface area contributed by atoms with Crippen molar-refractivity contribution >= 4 is 53.3 Å². The lowest BCUT2D eigenvalue weighted by Crippen LogP contribution is -2.43. The quantitative estimate of drug-likeness (QED) is 0.364. The molecule has 1 aromatic rings. The highest BCUT2D eigenvalue weighted by Crippen LogP contribution is 2.21. The van der Waals surface area contributed by atoms with Gasteiger partial charge in [-0.2, -0.15) is 11.8 Å². The van der Waals surface area contributed by atoms with Gasteiger partial charge < -0.3 is 15.5 Å². The zero-order valence-corrected chi connectivity index (χ0v) is 19.3. The molecule has 26 heavy (non-hydrogen) atoms. The predicted octanol–water partition coefficient (Wildman–Crippen LogP) is 3.63. The molecular formula is C19H31IN4OS. The van der Waals surface area contributed by atoms with Crippen LogP contribution in [0.3, 0.4) is 0 Å². The van der Waals surface area contributed by atoms with Gasteiger partial charge in [-0.25, -0.2) is 0 Å². The van der Waals surface area contributed by atoms with Crippen LogP contribution in [-0.2, 0) is 11.3 Å². The number of carbonyl (C=O) groups excluding carboxylic acids is 1. The molecule has 1 saturated heterocycles. The van der Waals surface area contributed by atoms with Crippen molar-refractivity contribution in [2.24, 2.45) is 4.99 Å². The van der Waals surface area contributed by atoms with Crippen LogP contribution < -0.4 is 15.5 Å². The third kappa shape index (κ3) is 6.98. The fraction of sp³-hybridized carbons (Fsp3) is 0.579. The molecule has 2 N–H and O–H groups in total. The van der Waals surface area contributed by atoms with Crippen molar-refractivity contribution in [3.63, 3.8) is 0 Å². The highest BCUT2D eigenvalue weighted by atomic mass is 127. The number of guanidine groups is 1. The summed E-state index contributed by atoms with van der Waals surface area (Å²) in [6.45, 7) is 6.80. The van der Waals surface area contributed by atoms with E-state index in [-0.39, 0.29) is 34.6 Å². The Morgan fingerprint density at radius 3 is 2.50 bits per heavy atom. The third-order valence-corrected chi connectivity index (χ3v) is 5.74. The van der Waals surface area contributed by atoms with E-state index in [1.165, 1.54) is 5.56 Å². The van der Waals surface area contributed by atoms with Crippen molar-refractivity contribution < 1.29 is 4.79 Å². The summed E-state index contributed by atoms with van der Waals surface area (Å²) in [7, 11) is 1.78. The standard InChI is InChI=1S/C19H30N4OS.HI/c1-19(2,25-4)14-22-18(20-3)21-13-15-8-10-16(11-9-15)23-12-6-5-7-17(23)24;/h8-11H,5-7,12-14H2,1-4H3,(H2,20,21,22);1H. The maximum Gasteiger partial charge on any atom is 0.226 e. The molecule has 0 aliphatic carbocycles. The normalized spacial score (nSPS) is 15.5. The van der Waals surface area contributed by atoms with Crippen molar-refractivity contribution in [1.82, 2.24) is 10.6 Å². The molecule has 7 heteroatoms. The number of benzene rings is 1. The number of rotatable bonds is 6. The Hall–Kier alpha value is -0.960. The number of anilines is 1. The Morgan fingerprint density at radius 2 is 1.92 bits per heavy atom. The van der Waals surface area contributed by atoms with Gasteiger partial charge in [-0.3, -0.25) is 9.79 Å². The molecule has 0 atom stereocenters. The van der Waals surface area contributed by atoms with Crippen molar-refractivity contribution in [2.75, 3.05) is 31.3 Å². The number of aliphatic imine (C=N–C) groups is 1. The molecule has 5 nitrogen and oxygen atoms in total. The van der Waals surface area contributed by atoms with Gasteiger partial charge in [-0.05, 0) is 50.6 Å². The Bertz CT molecular complexity index is 604. The van der Waals surface area contributed by atoms with Gasteiger partial charge in [0.25, 0.3) is 0 Å². The number of carbonyl (C=O) groups is 1. The highest BCUT2D eigenvalue weighted by Gasteiger charge is 2.19. The van der Waals surface area contributed by atoms with Crippen LogP contribution in [-0.4, -0.2) is 43.0 Å². The topological polar surface area (TPSA) is 56.7 Å². The van der Waals surface area contributed by atoms with Crippen LogP contribution in [0.25, 0.3) is 0 Å². The molecule has 0 radical (unpaired) electrons. The molecule has 0 bridgehead atoms. The average Bonchev–Trinajstić information content (AvgIpc) is 2.63. The lowest BCUT2D eigenvalue weighted by Gasteiger charge is -2.27. The van der Waals surface area contributed by atoms with Crippen LogP contribution in [0.2, 0.25) is 0 Å². The lowest BCUT2D eigenvalue weighted by atomic mass is 10.1. The van der Waals surface area contributed by atoms with Crippen molar-refractivity contribution in [2.45, 2.75) is 44.4 Å². The zero-order valence-electron chi connectivity index (χ0n) is 16.2. The summed E-state index contributed by atoms with van der Waals surface area (Å²) >= 11 is 1.83. The van der Waals surface area contributed by atoms with Gasteiger partial charge in [0.05, 0.1) is 0 Å². The van der Waals surface area contributed by atoms with E-state index in [0.717, 1.165) is 37.6 Å². The number of hydrogen-bond donors (Lipinski definition) is 2. The minimum absolute atomic E-state index is 0. The largest absolute Gasteiger partial charge is 0.355 e. The van der Waals surface area contributed by atoms with Crippen LogP contribution in [0.4, 0.5) is 5.69 Å². The number of halogens is 1. The number of thioether (sulfide) groups is 1. The maximum absolute atomic E-state index is 12.0. The molecule has 2 rings (SSSR count). The first-order valence-corrected chi connectivity index (χ1v) is 10.1. The molecule has 0 unspecified atom stereocenters. The van der Waals surface area contributed by atoms with Crippen molar-refractivity contribution in [3.05, 3.63) is 29.8 Å². The smallest absolute Gasteiger partial charge is 0.226 e. The first kappa shape index (κ1) is 23.1. The van der Waals surface area contributed by atoms with Crippen molar-refractivity contribution in [1.29, 1.82) is 0 Å². The van der Waals surface area contributed by atoms with E-state index in [2.05, 4.69) is 47.9 Å². The van der Waals surface area contributed by atoms with Crippen LogP contribution >= 0.6 is 35.7 Å². The maximum atomic E-state index is 12.0. The van der Waals surface area contributed by atoms with Gasteiger partial charge >= 0.3 is 0 Å². The highest BCUT2D eigenvalue weighted by molar-refractivity contribution is 14.0. The summed E-state index contributed by atoms with van der Waals surface area (Å²) in [5.41, 5.74) is 2.16. The van der Waals surface area contributed by atoms with E-state index >= 15 is 0 Å². The van der Waals surface area contributed by atoms with Crippen LogP contribution in [0, 0.1) is 0 Å². The van der Waals surface area contributed by atoms with E-state index in [0.29, 0.717) is 13.0 Å². The number of nitrogens with zero attached hydrogens (tertiary/aromatic N) is 2. The van der Waals surface area contributed by atoms with Gasteiger partial charge in [0.15, 0.2) is 5.96 Å². The molecule has 0 aromatic heterocycles. The SMILES string of the molecule is CN=C(NCc1ccc(N2CCCCC2=O)cc1)NCC(C)(C)SC.I. The van der Waals surface area contributed by atoms with E-state index in [9.17, 15) is 4.79 Å². The number of amides is 1. The summed E-state index contributed by atoms with van der Waals surface area (Å²) in [5, 5.41) is 6.70. The second kappa shape index (κ2) is 11.0. The number of piperidine rings is 1. The van der Waals surface area contributed by atoms with Crippen LogP contribution in [0.1, 0.15) is 38.7 Å². The Labute approximate surface area is 178 Å². The van der Waals surface area contributed by atoms with Gasteiger partial charge in [0.1, 0.15) is 0 Å². The van der Waals surface area contributed by atoms with Gasteiger partial charge in [0, 0.05) is 43.5 Å². The van der Waals surface area contributed by atoms with Crippen molar-refractivity contribution in [3.8, 4) is 0 Å². The molecule has 0 saturated carbocycles. The van der Waals surface area contributed by atoms with Crippen LogP contribution in [0.15, 0.2) is 29.3 Å². The van der Waals surface area contributed by atoms with Crippen LogP contribution in [0.5, 0.6) is 0 Å². The minimum atomic E-state index is 0. The Kier molecular flexibility index (Phi) is 9.78. The zero-order chi connectivity index (χ0) is 18.3. The fourth-order valence-corrected chi connectivity index (χ4v) is 2.86. The first-order chi connectivity index (χ1) is 11.9. The third-order valence-electron chi connectivity index (χ3n) is 4.49. The molecule has 1 amide bonds. The Balaban J connectivity index is 0.00000338. The molecule has 0 spiro atoms. The Morgan fingerprint density at radius 1 is 1.23 bits per heavy atom. The first-order valence-electron chi connectivity index (χ1n) is 8.84. The molecular weight excluding hydrogens is 459 g/mol. The summed E-state index contributed by atoms with van der Waals surface area (Å²) < 4.78 is 0.167. The minimum Gasteiger partial charge on any atom is -0.355 e. The summed E-state index contributed by atoms with van der Waals surface area (Å²) in [5.74, 6) is 1.04. The molecule has 1 aromatic carbocycles. The van der Waals surface area contributed by atoms with Gasteiger partial charge in [-0.15, -0.1) is 24.0 Å². The molecule has 1 fully saturated rings.